The molecule has 0 aromatic heterocycles. The summed E-state index contributed by atoms with van der Waals surface area (Å²) in [7, 11) is 0. The van der Waals surface area contributed by atoms with Gasteiger partial charge < -0.3 is 42.6 Å². The largest absolute Gasteiger partial charge is 0.462 e. The Morgan fingerprint density at radius 1 is 0.476 bits per heavy atom. The topological polar surface area (TPSA) is 185 Å². The Kier molecular flexibility index (Phi) is 15.9. The Hall–Kier alpha value is -8.20. The molecule has 0 amide bonds. The first-order chi connectivity index (χ1) is 30.3. The van der Waals surface area contributed by atoms with Crippen LogP contribution in [0.1, 0.15) is 53.3 Å². The summed E-state index contributed by atoms with van der Waals surface area (Å²) in [6, 6.07) is 22.7. The lowest BCUT2D eigenvalue weighted by atomic mass is 10.1. The van der Waals surface area contributed by atoms with E-state index in [4.69, 9.17) is 42.6 Å². The fourth-order valence-electron chi connectivity index (χ4n) is 5.78. The summed E-state index contributed by atoms with van der Waals surface area (Å²) >= 11 is 0. The summed E-state index contributed by atoms with van der Waals surface area (Å²) in [6.07, 6.45) is 3.36. The molecule has 5 aromatic rings. The van der Waals surface area contributed by atoms with Gasteiger partial charge in [0, 0.05) is 24.6 Å². The lowest BCUT2D eigenvalue weighted by Crippen LogP contribution is -2.14. The van der Waals surface area contributed by atoms with Crippen LogP contribution in [0.15, 0.2) is 123 Å². The zero-order valence-electron chi connectivity index (χ0n) is 34.6. The van der Waals surface area contributed by atoms with E-state index < -0.39 is 49.4 Å². The van der Waals surface area contributed by atoms with Crippen molar-refractivity contribution >= 4 is 46.6 Å². The molecule has 0 aliphatic rings. The Morgan fingerprint density at radius 3 is 1.67 bits per heavy atom. The summed E-state index contributed by atoms with van der Waals surface area (Å²) in [4.78, 5) is 73.4. The van der Waals surface area contributed by atoms with Crippen LogP contribution >= 0.6 is 0 Å². The molecule has 0 radical (unpaired) electrons. The van der Waals surface area contributed by atoms with Gasteiger partial charge in [-0.2, -0.15) is 0 Å². The van der Waals surface area contributed by atoms with Gasteiger partial charge in [-0.05, 0) is 114 Å². The third-order valence-corrected chi connectivity index (χ3v) is 8.95. The summed E-state index contributed by atoms with van der Waals surface area (Å²) in [6.45, 7) is 13.9. The average Bonchev–Trinajstić information content (AvgIpc) is 3.27. The molecular weight excluding hydrogens is 817 g/mol. The molecule has 324 valence electrons. The van der Waals surface area contributed by atoms with Gasteiger partial charge >= 0.3 is 35.8 Å². The number of benzene rings is 5. The molecule has 0 spiro atoms. The molecule has 0 aliphatic carbocycles. The normalized spacial score (nSPS) is 10.4. The molecule has 0 saturated heterocycles. The van der Waals surface area contributed by atoms with Crippen molar-refractivity contribution in [3.05, 3.63) is 162 Å². The first kappa shape index (κ1) is 45.9. The Labute approximate surface area is 362 Å². The number of esters is 6. The number of carbonyl (C=O) groups excluding carboxylic acids is 6. The second-order valence-corrected chi connectivity index (χ2v) is 13.4. The number of aryl methyl sites for hydroxylation is 3. The Bertz CT molecular complexity index is 2590. The maximum atomic E-state index is 13.3. The van der Waals surface area contributed by atoms with Crippen LogP contribution in [0, 0.1) is 20.8 Å². The van der Waals surface area contributed by atoms with Gasteiger partial charge in [0.2, 0.25) is 20.4 Å². The predicted molar refractivity (Wildman–Crippen MR) is 227 cm³/mol. The minimum absolute atomic E-state index is 0.00773. The third kappa shape index (κ3) is 12.9. The van der Waals surface area contributed by atoms with Gasteiger partial charge in [-0.15, -0.1) is 0 Å². The molecule has 15 heteroatoms. The van der Waals surface area contributed by atoms with Crippen molar-refractivity contribution in [3.8, 4) is 28.7 Å². The molecule has 15 nitrogen and oxygen atoms in total. The molecular formula is C48H42O15. The molecule has 5 aromatic carbocycles. The van der Waals surface area contributed by atoms with E-state index in [2.05, 4.69) is 19.7 Å². The van der Waals surface area contributed by atoms with E-state index in [1.807, 2.05) is 6.07 Å². The number of hydrogen-bond acceptors (Lipinski definition) is 15. The maximum Gasteiger partial charge on any atom is 0.343 e. The molecule has 0 atom stereocenters. The predicted octanol–water partition coefficient (Wildman–Crippen LogP) is 7.80. The van der Waals surface area contributed by atoms with Gasteiger partial charge in [-0.3, -0.25) is 0 Å². The van der Waals surface area contributed by atoms with Crippen molar-refractivity contribution in [2.75, 3.05) is 27.0 Å². The van der Waals surface area contributed by atoms with E-state index in [-0.39, 0.29) is 36.2 Å². The SMILES string of the molecule is C=CC(=O)OCOc1ccc(C(=O)Oc2ccc(CCOC(=O)c3ccc4cc(OC(=O)c5cc(C)c(OCOC(=O)C=C)c(OCOC(=O)C=C)c5)ccc4c3)cc2C)cc1C. The van der Waals surface area contributed by atoms with E-state index >= 15 is 0 Å². The van der Waals surface area contributed by atoms with Crippen molar-refractivity contribution in [2.45, 2.75) is 27.2 Å². The number of carbonyl (C=O) groups is 6. The Morgan fingerprint density at radius 2 is 1.02 bits per heavy atom. The first-order valence-corrected chi connectivity index (χ1v) is 19.0. The molecule has 0 heterocycles. The van der Waals surface area contributed by atoms with E-state index in [0.717, 1.165) is 23.8 Å². The summed E-state index contributed by atoms with van der Waals surface area (Å²) in [5, 5.41) is 1.37. The second-order valence-electron chi connectivity index (χ2n) is 13.4. The van der Waals surface area contributed by atoms with Crippen molar-refractivity contribution in [1.82, 2.24) is 0 Å². The number of rotatable bonds is 20. The van der Waals surface area contributed by atoms with Gasteiger partial charge in [0.05, 0.1) is 23.3 Å². The molecule has 0 aliphatic heterocycles. The smallest absolute Gasteiger partial charge is 0.343 e. The average molecular weight is 859 g/mol. The highest BCUT2D eigenvalue weighted by atomic mass is 16.7. The minimum Gasteiger partial charge on any atom is -0.462 e. The van der Waals surface area contributed by atoms with Gasteiger partial charge in [0.25, 0.3) is 0 Å². The van der Waals surface area contributed by atoms with E-state index in [1.54, 1.807) is 87.5 Å². The molecule has 0 fully saturated rings. The molecule has 0 saturated carbocycles. The van der Waals surface area contributed by atoms with Crippen LogP contribution in [0.3, 0.4) is 0 Å². The van der Waals surface area contributed by atoms with Crippen molar-refractivity contribution in [3.63, 3.8) is 0 Å². The highest BCUT2D eigenvalue weighted by Gasteiger charge is 2.19. The second kappa shape index (κ2) is 21.9. The van der Waals surface area contributed by atoms with Crippen LogP contribution in [0.5, 0.6) is 28.7 Å². The van der Waals surface area contributed by atoms with Crippen molar-refractivity contribution in [2.24, 2.45) is 0 Å². The fourth-order valence-corrected chi connectivity index (χ4v) is 5.78. The lowest BCUT2D eigenvalue weighted by molar-refractivity contribution is -0.146. The highest BCUT2D eigenvalue weighted by Crippen LogP contribution is 2.34. The lowest BCUT2D eigenvalue weighted by Gasteiger charge is -2.16. The summed E-state index contributed by atoms with van der Waals surface area (Å²) < 4.78 is 48.0. The quantitative estimate of drug-likeness (QED) is 0.0242. The molecule has 0 N–H and O–H groups in total. The number of hydrogen-bond donors (Lipinski definition) is 0. The summed E-state index contributed by atoms with van der Waals surface area (Å²) in [5.74, 6) is -2.74. The van der Waals surface area contributed by atoms with Crippen LogP contribution in [0.25, 0.3) is 10.8 Å². The van der Waals surface area contributed by atoms with Crippen LogP contribution in [0.2, 0.25) is 0 Å². The zero-order valence-corrected chi connectivity index (χ0v) is 34.6. The van der Waals surface area contributed by atoms with E-state index in [1.165, 1.54) is 12.1 Å². The van der Waals surface area contributed by atoms with Gasteiger partial charge in [-0.1, -0.05) is 44.0 Å². The maximum absolute atomic E-state index is 13.3. The van der Waals surface area contributed by atoms with Crippen LogP contribution < -0.4 is 23.7 Å². The first-order valence-electron chi connectivity index (χ1n) is 19.0. The van der Waals surface area contributed by atoms with E-state index in [0.29, 0.717) is 56.5 Å². The Balaban J connectivity index is 1.15. The molecule has 5 rings (SSSR count). The number of ether oxygens (including phenoxy) is 9. The standard InChI is InChI=1S/C48H42O15/c1-7-42(49)58-26-56-39-17-14-35(21-30(39)5)47(53)63-40-16-10-32(20-29(40)4)18-19-55-46(52)36-12-11-34-24-38(15-13-33(34)23-36)62-48(54)37-22-31(6)45(61-28-60-44(51)9-3)41(25-37)57-27-59-43(50)8-2/h7-17,20-25H,1-3,18-19,26-28H2,4-6H3. The number of fused-ring (bicyclic) bond motifs is 1. The molecule has 63 heavy (non-hydrogen) atoms. The monoisotopic (exact) mass is 858 g/mol. The fraction of sp³-hybridized carbons (Fsp3) is 0.167. The molecule has 0 unspecified atom stereocenters. The zero-order chi connectivity index (χ0) is 45.5. The van der Waals surface area contributed by atoms with Crippen molar-refractivity contribution < 1.29 is 71.4 Å². The van der Waals surface area contributed by atoms with Crippen molar-refractivity contribution in [1.29, 1.82) is 0 Å². The van der Waals surface area contributed by atoms with Gasteiger partial charge in [-0.25, -0.2) is 28.8 Å². The van der Waals surface area contributed by atoms with Crippen LogP contribution in [0.4, 0.5) is 0 Å². The molecule has 0 bridgehead atoms. The van der Waals surface area contributed by atoms with Gasteiger partial charge in [0.15, 0.2) is 11.5 Å². The summed E-state index contributed by atoms with van der Waals surface area (Å²) in [5.41, 5.74) is 3.33. The van der Waals surface area contributed by atoms with Gasteiger partial charge in [0.1, 0.15) is 17.2 Å². The van der Waals surface area contributed by atoms with Crippen LogP contribution in [-0.4, -0.2) is 62.8 Å². The minimum atomic E-state index is -0.739. The highest BCUT2D eigenvalue weighted by molar-refractivity contribution is 5.97. The van der Waals surface area contributed by atoms with E-state index in [9.17, 15) is 28.8 Å². The van der Waals surface area contributed by atoms with Crippen LogP contribution in [-0.2, 0) is 39.8 Å². The third-order valence-electron chi connectivity index (χ3n) is 8.95.